The van der Waals surface area contributed by atoms with Gasteiger partial charge in [0.1, 0.15) is 5.82 Å². The van der Waals surface area contributed by atoms with Crippen molar-refractivity contribution in [2.45, 2.75) is 22.9 Å². The molecule has 0 fully saturated rings. The van der Waals surface area contributed by atoms with Gasteiger partial charge in [-0.1, -0.05) is 42.5 Å². The van der Waals surface area contributed by atoms with Gasteiger partial charge in [0, 0.05) is 11.8 Å². The number of hydrogen-bond acceptors (Lipinski definition) is 4. The molecule has 1 unspecified atom stereocenters. The Bertz CT molecular complexity index is 1060. The van der Waals surface area contributed by atoms with Crippen LogP contribution >= 0.6 is 0 Å². The van der Waals surface area contributed by atoms with Crippen molar-refractivity contribution in [1.82, 2.24) is 4.98 Å². The highest BCUT2D eigenvalue weighted by Gasteiger charge is 2.24. The minimum atomic E-state index is -3.84. The maximum atomic E-state index is 12.9. The third kappa shape index (κ3) is 4.30. The van der Waals surface area contributed by atoms with Gasteiger partial charge in [-0.05, 0) is 48.4 Å². The van der Waals surface area contributed by atoms with Crippen LogP contribution in [0.3, 0.4) is 0 Å². The second-order valence-corrected chi connectivity index (χ2v) is 7.90. The second-order valence-electron chi connectivity index (χ2n) is 6.03. The Morgan fingerprint density at radius 2 is 1.52 bits per heavy atom. The largest absolute Gasteiger partial charge is 0.389 e. The van der Waals surface area contributed by atoms with Crippen LogP contribution in [0.15, 0.2) is 76.8 Å². The van der Waals surface area contributed by atoms with E-state index in [1.54, 1.807) is 36.4 Å². The Kier molecular flexibility index (Phi) is 5.48. The summed E-state index contributed by atoms with van der Waals surface area (Å²) in [6.45, 7) is 1.50. The van der Waals surface area contributed by atoms with Crippen LogP contribution in [0.5, 0.6) is 0 Å². The van der Waals surface area contributed by atoms with Crippen molar-refractivity contribution >= 4 is 22.0 Å². The van der Waals surface area contributed by atoms with Crippen molar-refractivity contribution in [2.24, 2.45) is 0 Å². The number of hydrogen-bond donors (Lipinski definition) is 1. The number of rotatable bonds is 5. The highest BCUT2D eigenvalue weighted by molar-refractivity contribution is 7.91. The number of nitrogens with zero attached hydrogens (tertiary/aromatic N) is 1. The van der Waals surface area contributed by atoms with Gasteiger partial charge in [-0.2, -0.15) is 0 Å². The van der Waals surface area contributed by atoms with Crippen molar-refractivity contribution in [3.8, 4) is 0 Å². The van der Waals surface area contributed by atoms with Crippen LogP contribution in [-0.4, -0.2) is 18.5 Å². The lowest BCUT2D eigenvalue weighted by Crippen LogP contribution is -2.09. The molecule has 1 atom stereocenters. The van der Waals surface area contributed by atoms with Crippen LogP contribution in [0.4, 0.5) is 4.39 Å². The molecule has 0 aliphatic rings. The van der Waals surface area contributed by atoms with Gasteiger partial charge in [0.2, 0.25) is 9.84 Å². The lowest BCUT2D eigenvalue weighted by atomic mass is 10.1. The van der Waals surface area contributed by atoms with Crippen molar-refractivity contribution in [3.05, 3.63) is 89.4 Å². The second kappa shape index (κ2) is 7.82. The van der Waals surface area contributed by atoms with Gasteiger partial charge >= 0.3 is 0 Å². The molecule has 0 saturated heterocycles. The zero-order valence-corrected chi connectivity index (χ0v) is 15.4. The predicted octanol–water partition coefficient (Wildman–Crippen LogP) is 4.28. The summed E-state index contributed by atoms with van der Waals surface area (Å²) in [5, 5.41) is 9.67. The third-order valence-electron chi connectivity index (χ3n) is 4.03. The summed E-state index contributed by atoms with van der Waals surface area (Å²) in [4.78, 5) is 4.06. The van der Waals surface area contributed by atoms with E-state index in [2.05, 4.69) is 4.98 Å². The van der Waals surface area contributed by atoms with Gasteiger partial charge in [-0.3, -0.25) is 0 Å². The lowest BCUT2D eigenvalue weighted by molar-refractivity contribution is 0.195. The molecule has 6 heteroatoms. The van der Waals surface area contributed by atoms with Gasteiger partial charge < -0.3 is 5.11 Å². The Morgan fingerprint density at radius 1 is 0.963 bits per heavy atom. The number of halogens is 1. The van der Waals surface area contributed by atoms with E-state index >= 15 is 0 Å². The van der Waals surface area contributed by atoms with E-state index in [1.807, 2.05) is 12.2 Å². The fourth-order valence-corrected chi connectivity index (χ4v) is 4.05. The van der Waals surface area contributed by atoms with E-state index < -0.39 is 15.9 Å². The van der Waals surface area contributed by atoms with Gasteiger partial charge in [0.15, 0.2) is 5.03 Å². The van der Waals surface area contributed by atoms with Crippen LogP contribution in [0.25, 0.3) is 12.2 Å². The lowest BCUT2D eigenvalue weighted by Gasteiger charge is -2.11. The zero-order chi connectivity index (χ0) is 19.4. The van der Waals surface area contributed by atoms with Crippen LogP contribution in [0.1, 0.15) is 29.7 Å². The van der Waals surface area contributed by atoms with E-state index in [9.17, 15) is 17.9 Å². The quantitative estimate of drug-likeness (QED) is 0.668. The van der Waals surface area contributed by atoms with Gasteiger partial charge in [0.25, 0.3) is 0 Å². The van der Waals surface area contributed by atoms with Gasteiger partial charge in [-0.15, -0.1) is 0 Å². The fraction of sp³-hybridized carbons (Fsp3) is 0.0952. The van der Waals surface area contributed by atoms with Crippen molar-refractivity contribution < 1.29 is 17.9 Å². The minimum absolute atomic E-state index is 0.0991. The minimum Gasteiger partial charge on any atom is -0.389 e. The summed E-state index contributed by atoms with van der Waals surface area (Å²) in [7, 11) is -3.84. The molecule has 0 saturated carbocycles. The molecule has 1 heterocycles. The van der Waals surface area contributed by atoms with Crippen LogP contribution < -0.4 is 0 Å². The first kappa shape index (κ1) is 18.9. The fourth-order valence-electron chi connectivity index (χ4n) is 2.58. The Labute approximate surface area is 157 Å². The molecule has 0 spiro atoms. The van der Waals surface area contributed by atoms with Crippen LogP contribution in [-0.2, 0) is 9.84 Å². The average molecular weight is 383 g/mol. The summed E-state index contributed by atoms with van der Waals surface area (Å²) in [6.07, 6.45) is 4.07. The highest BCUT2D eigenvalue weighted by Crippen LogP contribution is 2.26. The molecule has 0 radical (unpaired) electrons. The summed E-state index contributed by atoms with van der Waals surface area (Å²) in [5.74, 6) is -0.298. The maximum Gasteiger partial charge on any atom is 0.224 e. The molecular weight excluding hydrogens is 365 g/mol. The monoisotopic (exact) mass is 383 g/mol. The average Bonchev–Trinajstić information content (AvgIpc) is 2.68. The number of aliphatic hydroxyl groups excluding tert-OH is 1. The summed E-state index contributed by atoms with van der Waals surface area (Å²) >= 11 is 0. The van der Waals surface area contributed by atoms with E-state index in [0.717, 1.165) is 11.1 Å². The summed E-state index contributed by atoms with van der Waals surface area (Å²) < 4.78 is 38.6. The first-order valence-electron chi connectivity index (χ1n) is 8.30. The standard InChI is InChI=1S/C21H18FNO3S/c1-15(24)20-3-2-14-23-21(20)27(25,26)19-12-8-17(9-13-19)5-4-16-6-10-18(22)11-7-16/h2-15,24H,1H3/b5-4+. The Balaban J connectivity index is 1.87. The van der Waals surface area contributed by atoms with E-state index in [4.69, 9.17) is 0 Å². The molecule has 0 bridgehead atoms. The number of aliphatic hydroxyl groups is 1. The summed E-state index contributed by atoms with van der Waals surface area (Å²) in [6, 6.07) is 15.6. The predicted molar refractivity (Wildman–Crippen MR) is 102 cm³/mol. The number of benzene rings is 2. The van der Waals surface area contributed by atoms with E-state index in [1.165, 1.54) is 37.4 Å². The molecule has 1 N–H and O–H groups in total. The SMILES string of the molecule is CC(O)c1cccnc1S(=O)(=O)c1ccc(/C=C/c2ccc(F)cc2)cc1. The summed E-state index contributed by atoms with van der Waals surface area (Å²) in [5.41, 5.74) is 1.90. The highest BCUT2D eigenvalue weighted by atomic mass is 32.2. The van der Waals surface area contributed by atoms with Gasteiger partial charge in [0.05, 0.1) is 11.0 Å². The first-order chi connectivity index (χ1) is 12.9. The number of aromatic nitrogens is 1. The smallest absolute Gasteiger partial charge is 0.224 e. The molecule has 0 amide bonds. The number of pyridine rings is 1. The molecule has 2 aromatic carbocycles. The number of sulfone groups is 1. The molecule has 3 aromatic rings. The van der Waals surface area contributed by atoms with Crippen molar-refractivity contribution in [2.75, 3.05) is 0 Å². The molecule has 3 rings (SSSR count). The van der Waals surface area contributed by atoms with E-state index in [0.29, 0.717) is 0 Å². The van der Waals surface area contributed by atoms with Gasteiger partial charge in [-0.25, -0.2) is 17.8 Å². The topological polar surface area (TPSA) is 67.3 Å². The van der Waals surface area contributed by atoms with Crippen LogP contribution in [0.2, 0.25) is 0 Å². The maximum absolute atomic E-state index is 12.9. The normalized spacial score (nSPS) is 13.0. The molecule has 27 heavy (non-hydrogen) atoms. The first-order valence-corrected chi connectivity index (χ1v) is 9.78. The molecule has 138 valence electrons. The Morgan fingerprint density at radius 3 is 2.07 bits per heavy atom. The zero-order valence-electron chi connectivity index (χ0n) is 14.6. The Hall–Kier alpha value is -2.83. The van der Waals surface area contributed by atoms with Crippen molar-refractivity contribution in [3.63, 3.8) is 0 Å². The van der Waals surface area contributed by atoms with E-state index in [-0.39, 0.29) is 21.3 Å². The van der Waals surface area contributed by atoms with Crippen molar-refractivity contribution in [1.29, 1.82) is 0 Å². The molecular formula is C21H18FNO3S. The molecule has 4 nitrogen and oxygen atoms in total. The molecule has 0 aliphatic carbocycles. The molecule has 0 aliphatic heterocycles. The van der Waals surface area contributed by atoms with Crippen LogP contribution in [0, 0.1) is 5.82 Å². The molecule has 1 aromatic heterocycles. The third-order valence-corrected chi connectivity index (χ3v) is 5.78.